The number of benzene rings is 1. The minimum absolute atomic E-state index is 0.143. The van der Waals surface area contributed by atoms with Crippen LogP contribution in [0.3, 0.4) is 0 Å². The van der Waals surface area contributed by atoms with Gasteiger partial charge in [0.2, 0.25) is 0 Å². The molecule has 128 valence electrons. The summed E-state index contributed by atoms with van der Waals surface area (Å²) in [6.07, 6.45) is 9.37. The van der Waals surface area contributed by atoms with Gasteiger partial charge in [-0.05, 0) is 49.4 Å². The van der Waals surface area contributed by atoms with E-state index in [1.54, 1.807) is 12.4 Å². The van der Waals surface area contributed by atoms with Crippen molar-refractivity contribution in [2.75, 3.05) is 13.1 Å². The molecule has 0 unspecified atom stereocenters. The maximum Gasteiger partial charge on any atom is 0.253 e. The third-order valence-corrected chi connectivity index (χ3v) is 5.15. The number of rotatable bonds is 2. The molecule has 0 N–H and O–H groups in total. The molecule has 0 saturated carbocycles. The molecule has 0 atom stereocenters. The number of aromatic nitrogens is 3. The molecule has 0 aliphatic carbocycles. The van der Waals surface area contributed by atoms with Gasteiger partial charge in [0.25, 0.3) is 5.91 Å². The van der Waals surface area contributed by atoms with Gasteiger partial charge in [-0.3, -0.25) is 4.79 Å². The average Bonchev–Trinajstić information content (AvgIpc) is 2.99. The molecule has 1 aromatic carbocycles. The molecule has 0 bridgehead atoms. The van der Waals surface area contributed by atoms with Crippen molar-refractivity contribution in [1.29, 1.82) is 0 Å². The van der Waals surface area contributed by atoms with Crippen LogP contribution < -0.4 is 0 Å². The van der Waals surface area contributed by atoms with Gasteiger partial charge < -0.3 is 9.47 Å². The summed E-state index contributed by atoms with van der Waals surface area (Å²) in [4.78, 5) is 23.0. The van der Waals surface area contributed by atoms with Crippen LogP contribution in [0.25, 0.3) is 16.6 Å². The summed E-state index contributed by atoms with van der Waals surface area (Å²) in [5, 5.41) is 1.10. The minimum atomic E-state index is 0.143. The third-order valence-electron chi connectivity index (χ3n) is 5.15. The lowest BCUT2D eigenvalue weighted by molar-refractivity contribution is 0.0697. The van der Waals surface area contributed by atoms with E-state index in [1.807, 2.05) is 23.1 Å². The van der Waals surface area contributed by atoms with Gasteiger partial charge in [-0.25, -0.2) is 9.97 Å². The lowest BCUT2D eigenvalue weighted by atomic mass is 9.98. The first-order chi connectivity index (χ1) is 12.1. The topological polar surface area (TPSA) is 51.0 Å². The van der Waals surface area contributed by atoms with E-state index >= 15 is 0 Å². The van der Waals surface area contributed by atoms with Crippen LogP contribution in [0.5, 0.6) is 0 Å². The van der Waals surface area contributed by atoms with Crippen LogP contribution in [0.1, 0.15) is 35.7 Å². The zero-order valence-corrected chi connectivity index (χ0v) is 14.6. The number of hydrogen-bond donors (Lipinski definition) is 0. The predicted octanol–water partition coefficient (Wildman–Crippen LogP) is 3.60. The lowest BCUT2D eigenvalue weighted by Crippen LogP contribution is -2.37. The quantitative estimate of drug-likeness (QED) is 0.719. The highest BCUT2D eigenvalue weighted by Gasteiger charge is 2.22. The standard InChI is InChI=1S/C20H22N4O/c1-14-5-7-23(8-6-14)20(25)16-3-4-19-18(9-16)15(2)12-24(19)17-10-21-13-22-11-17/h3-4,9-14H,5-8H2,1-2H3. The van der Waals surface area contributed by atoms with Crippen LogP contribution in [-0.2, 0) is 0 Å². The Hall–Kier alpha value is -2.69. The Balaban J connectivity index is 1.69. The van der Waals surface area contributed by atoms with E-state index < -0.39 is 0 Å². The number of carbonyl (C=O) groups is 1. The van der Waals surface area contributed by atoms with E-state index in [0.29, 0.717) is 0 Å². The van der Waals surface area contributed by atoms with Gasteiger partial charge in [0.15, 0.2) is 0 Å². The van der Waals surface area contributed by atoms with Crippen molar-refractivity contribution < 1.29 is 4.79 Å². The Labute approximate surface area is 147 Å². The van der Waals surface area contributed by atoms with Crippen molar-refractivity contribution in [2.24, 2.45) is 5.92 Å². The second-order valence-electron chi connectivity index (χ2n) is 6.99. The number of nitrogens with zero attached hydrogens (tertiary/aromatic N) is 4. The van der Waals surface area contributed by atoms with Gasteiger partial charge in [-0.1, -0.05) is 6.92 Å². The number of likely N-dealkylation sites (tertiary alicyclic amines) is 1. The third kappa shape index (κ3) is 2.90. The number of carbonyl (C=O) groups excluding carboxylic acids is 1. The molecule has 0 spiro atoms. The van der Waals surface area contributed by atoms with Crippen LogP contribution in [0, 0.1) is 12.8 Å². The highest BCUT2D eigenvalue weighted by Crippen LogP contribution is 2.26. The van der Waals surface area contributed by atoms with Gasteiger partial charge in [0.05, 0.1) is 23.6 Å². The first-order valence-corrected chi connectivity index (χ1v) is 8.80. The summed E-state index contributed by atoms with van der Waals surface area (Å²) in [7, 11) is 0. The summed E-state index contributed by atoms with van der Waals surface area (Å²) < 4.78 is 2.07. The molecule has 1 saturated heterocycles. The average molecular weight is 334 g/mol. The Morgan fingerprint density at radius 2 is 1.88 bits per heavy atom. The summed E-state index contributed by atoms with van der Waals surface area (Å²) in [5.41, 5.74) is 3.90. The van der Waals surface area contributed by atoms with Crippen molar-refractivity contribution in [3.8, 4) is 5.69 Å². The largest absolute Gasteiger partial charge is 0.339 e. The number of fused-ring (bicyclic) bond motifs is 1. The maximum atomic E-state index is 12.8. The summed E-state index contributed by atoms with van der Waals surface area (Å²) in [6, 6.07) is 5.98. The Kier molecular flexibility index (Phi) is 3.99. The van der Waals surface area contributed by atoms with Crippen molar-refractivity contribution in [3.05, 3.63) is 54.2 Å². The molecule has 1 aliphatic heterocycles. The second kappa shape index (κ2) is 6.31. The molecular formula is C20H22N4O. The van der Waals surface area contributed by atoms with Crippen LogP contribution in [0.4, 0.5) is 0 Å². The van der Waals surface area contributed by atoms with Crippen molar-refractivity contribution in [1.82, 2.24) is 19.4 Å². The molecule has 1 amide bonds. The fourth-order valence-corrected chi connectivity index (χ4v) is 3.55. The fraction of sp³-hybridized carbons (Fsp3) is 0.350. The first-order valence-electron chi connectivity index (χ1n) is 8.80. The number of amides is 1. The minimum Gasteiger partial charge on any atom is -0.339 e. The molecule has 3 aromatic rings. The van der Waals surface area contributed by atoms with E-state index in [2.05, 4.69) is 34.6 Å². The molecular weight excluding hydrogens is 312 g/mol. The fourth-order valence-electron chi connectivity index (χ4n) is 3.55. The molecule has 2 aromatic heterocycles. The van der Waals surface area contributed by atoms with E-state index in [1.165, 1.54) is 6.33 Å². The number of piperidine rings is 1. The van der Waals surface area contributed by atoms with Gasteiger partial charge >= 0.3 is 0 Å². The summed E-state index contributed by atoms with van der Waals surface area (Å²) in [6.45, 7) is 6.05. The Bertz CT molecular complexity index is 908. The van der Waals surface area contributed by atoms with E-state index in [0.717, 1.165) is 59.6 Å². The number of aryl methyl sites for hydroxylation is 1. The molecule has 25 heavy (non-hydrogen) atoms. The number of hydrogen-bond acceptors (Lipinski definition) is 3. The highest BCUT2D eigenvalue weighted by atomic mass is 16.2. The van der Waals surface area contributed by atoms with E-state index in [4.69, 9.17) is 0 Å². The molecule has 1 aliphatic rings. The SMILES string of the molecule is Cc1cn(-c2cncnc2)c2ccc(C(=O)N3CCC(C)CC3)cc12. The Morgan fingerprint density at radius 1 is 1.16 bits per heavy atom. The highest BCUT2D eigenvalue weighted by molar-refractivity contribution is 5.99. The maximum absolute atomic E-state index is 12.8. The van der Waals surface area contributed by atoms with Crippen LogP contribution in [0.2, 0.25) is 0 Å². The molecule has 3 heterocycles. The van der Waals surface area contributed by atoms with Gasteiger partial charge in [-0.15, -0.1) is 0 Å². The zero-order valence-electron chi connectivity index (χ0n) is 14.6. The monoisotopic (exact) mass is 334 g/mol. The summed E-state index contributed by atoms with van der Waals surface area (Å²) in [5.74, 6) is 0.861. The molecule has 0 radical (unpaired) electrons. The second-order valence-corrected chi connectivity index (χ2v) is 6.99. The first kappa shape index (κ1) is 15.8. The van der Waals surface area contributed by atoms with Crippen LogP contribution in [-0.4, -0.2) is 38.4 Å². The summed E-state index contributed by atoms with van der Waals surface area (Å²) >= 11 is 0. The van der Waals surface area contributed by atoms with Crippen molar-refractivity contribution >= 4 is 16.8 Å². The van der Waals surface area contributed by atoms with Gasteiger partial charge in [0.1, 0.15) is 6.33 Å². The van der Waals surface area contributed by atoms with Gasteiger partial charge in [0, 0.05) is 30.2 Å². The van der Waals surface area contributed by atoms with Gasteiger partial charge in [-0.2, -0.15) is 0 Å². The lowest BCUT2D eigenvalue weighted by Gasteiger charge is -2.30. The smallest absolute Gasteiger partial charge is 0.253 e. The van der Waals surface area contributed by atoms with Crippen molar-refractivity contribution in [3.63, 3.8) is 0 Å². The predicted molar refractivity (Wildman–Crippen MR) is 97.9 cm³/mol. The van der Waals surface area contributed by atoms with Crippen LogP contribution >= 0.6 is 0 Å². The molecule has 1 fully saturated rings. The van der Waals surface area contributed by atoms with E-state index in [9.17, 15) is 4.79 Å². The molecule has 5 heteroatoms. The zero-order chi connectivity index (χ0) is 17.4. The van der Waals surface area contributed by atoms with E-state index in [-0.39, 0.29) is 5.91 Å². The molecule has 4 rings (SSSR count). The van der Waals surface area contributed by atoms with Crippen molar-refractivity contribution in [2.45, 2.75) is 26.7 Å². The molecule has 5 nitrogen and oxygen atoms in total. The normalized spacial score (nSPS) is 15.7. The van der Waals surface area contributed by atoms with Crippen LogP contribution in [0.15, 0.2) is 43.1 Å². The Morgan fingerprint density at radius 3 is 2.60 bits per heavy atom.